The van der Waals surface area contributed by atoms with Crippen molar-refractivity contribution in [2.75, 3.05) is 24.0 Å². The summed E-state index contributed by atoms with van der Waals surface area (Å²) in [5.74, 6) is 6.87. The number of hydrogen-bond donors (Lipinski definition) is 0. The molecule has 0 amide bonds. The maximum absolute atomic E-state index is 11.3. The van der Waals surface area contributed by atoms with Gasteiger partial charge in [-0.05, 0) is 30.7 Å². The predicted octanol–water partition coefficient (Wildman–Crippen LogP) is 2.40. The van der Waals surface area contributed by atoms with Crippen molar-refractivity contribution in [3.8, 4) is 17.6 Å². The highest BCUT2D eigenvalue weighted by Gasteiger charge is 2.07. The van der Waals surface area contributed by atoms with Gasteiger partial charge in [0.15, 0.2) is 9.84 Å². The molecule has 0 atom stereocenters. The van der Waals surface area contributed by atoms with Crippen LogP contribution in [0.25, 0.3) is 0 Å². The summed E-state index contributed by atoms with van der Waals surface area (Å²) in [7, 11) is -2.98. The van der Waals surface area contributed by atoms with Gasteiger partial charge in [0.1, 0.15) is 12.4 Å². The molecule has 0 aromatic heterocycles. The first-order chi connectivity index (χ1) is 8.98. The Bertz CT molecular complexity index is 582. The lowest BCUT2D eigenvalue weighted by Gasteiger charge is -2.07. The molecule has 0 saturated heterocycles. The van der Waals surface area contributed by atoms with Crippen LogP contribution in [0.1, 0.15) is 18.1 Å². The zero-order valence-electron chi connectivity index (χ0n) is 11.1. The molecule has 0 radical (unpaired) electrons. The van der Waals surface area contributed by atoms with Crippen molar-refractivity contribution in [2.45, 2.75) is 13.8 Å². The van der Waals surface area contributed by atoms with Crippen molar-refractivity contribution >= 4 is 21.4 Å². The molecule has 0 bridgehead atoms. The van der Waals surface area contributed by atoms with Crippen LogP contribution in [0, 0.1) is 18.8 Å². The van der Waals surface area contributed by atoms with E-state index in [0.29, 0.717) is 11.6 Å². The van der Waals surface area contributed by atoms with Gasteiger partial charge in [-0.25, -0.2) is 8.42 Å². The second kappa shape index (κ2) is 7.42. The molecule has 0 fully saturated rings. The number of hydrogen-bond acceptors (Lipinski definition) is 3. The Labute approximate surface area is 119 Å². The van der Waals surface area contributed by atoms with Crippen LogP contribution < -0.4 is 4.74 Å². The van der Waals surface area contributed by atoms with Gasteiger partial charge in [-0.3, -0.25) is 0 Å². The van der Waals surface area contributed by atoms with E-state index in [1.165, 1.54) is 0 Å². The van der Waals surface area contributed by atoms with E-state index in [1.807, 2.05) is 19.1 Å². The summed E-state index contributed by atoms with van der Waals surface area (Å²) in [6, 6.07) is 5.47. The fourth-order valence-corrected chi connectivity index (χ4v) is 2.12. The molecule has 0 aliphatic carbocycles. The monoisotopic (exact) mass is 300 g/mol. The molecule has 1 aromatic carbocycles. The summed E-state index contributed by atoms with van der Waals surface area (Å²) in [5.41, 5.74) is 1.88. The number of sulfone groups is 1. The van der Waals surface area contributed by atoms with Crippen molar-refractivity contribution in [3.05, 3.63) is 29.3 Å². The third-order valence-corrected chi connectivity index (χ3v) is 4.39. The lowest BCUT2D eigenvalue weighted by atomic mass is 10.1. The van der Waals surface area contributed by atoms with Crippen LogP contribution in [0.2, 0.25) is 0 Å². The molecule has 0 unspecified atom stereocenters. The Balaban J connectivity index is 2.64. The van der Waals surface area contributed by atoms with Gasteiger partial charge in [0.2, 0.25) is 0 Å². The Morgan fingerprint density at radius 2 is 2.11 bits per heavy atom. The molecule has 0 heterocycles. The van der Waals surface area contributed by atoms with Gasteiger partial charge >= 0.3 is 0 Å². The van der Waals surface area contributed by atoms with Crippen molar-refractivity contribution in [1.29, 1.82) is 0 Å². The molecule has 0 aliphatic heterocycles. The molecule has 0 saturated carbocycles. The maximum Gasteiger partial charge on any atom is 0.153 e. The number of rotatable bonds is 5. The molecular weight excluding hydrogens is 284 g/mol. The highest BCUT2D eigenvalue weighted by atomic mass is 35.5. The highest BCUT2D eigenvalue weighted by molar-refractivity contribution is 7.91. The molecule has 0 N–H and O–H groups in total. The molecule has 1 aromatic rings. The zero-order chi connectivity index (χ0) is 14.3. The van der Waals surface area contributed by atoms with Gasteiger partial charge in [0.05, 0.1) is 11.6 Å². The lowest BCUT2D eigenvalue weighted by Crippen LogP contribution is -2.15. The first kappa shape index (κ1) is 15.9. The standard InChI is InChI=1S/C14H17ClO3S/c1-3-19(16,17)10-9-18-14-7-6-13(5-4-8-15)12(2)11-14/h6-7,11H,3,8-10H2,1-2H3. The number of aryl methyl sites for hydroxylation is 1. The normalized spacial score (nSPS) is 10.7. The summed E-state index contributed by atoms with van der Waals surface area (Å²) in [4.78, 5) is 0. The zero-order valence-corrected chi connectivity index (χ0v) is 12.6. The van der Waals surface area contributed by atoms with Crippen molar-refractivity contribution in [2.24, 2.45) is 0 Å². The average Bonchev–Trinajstić information content (AvgIpc) is 2.37. The first-order valence-corrected chi connectivity index (χ1v) is 8.33. The van der Waals surface area contributed by atoms with Crippen molar-refractivity contribution in [1.82, 2.24) is 0 Å². The fourth-order valence-electron chi connectivity index (χ4n) is 1.43. The van der Waals surface area contributed by atoms with Gasteiger partial charge in [-0.2, -0.15) is 0 Å². The van der Waals surface area contributed by atoms with Gasteiger partial charge in [0, 0.05) is 11.3 Å². The van der Waals surface area contributed by atoms with Crippen LogP contribution in [0.3, 0.4) is 0 Å². The SMILES string of the molecule is CCS(=O)(=O)CCOc1ccc(C#CCCl)c(C)c1. The van der Waals surface area contributed by atoms with Crippen molar-refractivity contribution in [3.63, 3.8) is 0 Å². The van der Waals surface area contributed by atoms with E-state index >= 15 is 0 Å². The quantitative estimate of drug-likeness (QED) is 0.619. The van der Waals surface area contributed by atoms with Gasteiger partial charge in [-0.1, -0.05) is 18.8 Å². The Morgan fingerprint density at radius 1 is 1.37 bits per heavy atom. The number of halogens is 1. The minimum atomic E-state index is -2.98. The van der Waals surface area contributed by atoms with E-state index in [-0.39, 0.29) is 18.1 Å². The largest absolute Gasteiger partial charge is 0.493 e. The van der Waals surface area contributed by atoms with E-state index in [1.54, 1.807) is 13.0 Å². The Kier molecular flexibility index (Phi) is 6.20. The molecule has 3 nitrogen and oxygen atoms in total. The first-order valence-electron chi connectivity index (χ1n) is 5.97. The van der Waals surface area contributed by atoms with E-state index in [2.05, 4.69) is 11.8 Å². The van der Waals surface area contributed by atoms with E-state index in [9.17, 15) is 8.42 Å². The summed E-state index contributed by atoms with van der Waals surface area (Å²) < 4.78 is 28.1. The molecule has 1 rings (SSSR count). The van der Waals surface area contributed by atoms with Gasteiger partial charge in [-0.15, -0.1) is 11.6 Å². The van der Waals surface area contributed by atoms with E-state index < -0.39 is 9.84 Å². The molecule has 0 spiro atoms. The third kappa shape index (κ3) is 5.54. The fraction of sp³-hybridized carbons (Fsp3) is 0.429. The predicted molar refractivity (Wildman–Crippen MR) is 78.6 cm³/mol. The van der Waals surface area contributed by atoms with Crippen LogP contribution in [-0.2, 0) is 9.84 Å². The Morgan fingerprint density at radius 3 is 2.68 bits per heavy atom. The molecule has 19 heavy (non-hydrogen) atoms. The lowest BCUT2D eigenvalue weighted by molar-refractivity contribution is 0.340. The topological polar surface area (TPSA) is 43.4 Å². The van der Waals surface area contributed by atoms with Crippen molar-refractivity contribution < 1.29 is 13.2 Å². The number of ether oxygens (including phenoxy) is 1. The maximum atomic E-state index is 11.3. The van der Waals surface area contributed by atoms with E-state index in [0.717, 1.165) is 11.1 Å². The summed E-state index contributed by atoms with van der Waals surface area (Å²) in [6.45, 7) is 3.72. The second-order valence-corrected chi connectivity index (χ2v) is 6.74. The average molecular weight is 301 g/mol. The number of alkyl halides is 1. The summed E-state index contributed by atoms with van der Waals surface area (Å²) in [6.07, 6.45) is 0. The van der Waals surface area contributed by atoms with Crippen LogP contribution >= 0.6 is 11.6 Å². The summed E-state index contributed by atoms with van der Waals surface area (Å²) in [5, 5.41) is 0. The van der Waals surface area contributed by atoms with E-state index in [4.69, 9.17) is 16.3 Å². The molecular formula is C14H17ClO3S. The Hall–Kier alpha value is -1.18. The molecule has 5 heteroatoms. The number of benzene rings is 1. The summed E-state index contributed by atoms with van der Waals surface area (Å²) >= 11 is 5.50. The van der Waals surface area contributed by atoms with Crippen LogP contribution in [-0.4, -0.2) is 32.4 Å². The highest BCUT2D eigenvalue weighted by Crippen LogP contribution is 2.16. The third-order valence-electron chi connectivity index (χ3n) is 2.59. The van der Waals surface area contributed by atoms with Crippen LogP contribution in [0.4, 0.5) is 0 Å². The smallest absolute Gasteiger partial charge is 0.153 e. The van der Waals surface area contributed by atoms with Gasteiger partial charge < -0.3 is 4.74 Å². The minimum Gasteiger partial charge on any atom is -0.493 e. The van der Waals surface area contributed by atoms with Gasteiger partial charge in [0.25, 0.3) is 0 Å². The van der Waals surface area contributed by atoms with Crippen LogP contribution in [0.5, 0.6) is 5.75 Å². The molecule has 104 valence electrons. The van der Waals surface area contributed by atoms with Crippen LogP contribution in [0.15, 0.2) is 18.2 Å². The second-order valence-electron chi connectivity index (χ2n) is 4.00. The minimum absolute atomic E-state index is 0.0380. The molecule has 0 aliphatic rings.